The van der Waals surface area contributed by atoms with Crippen molar-refractivity contribution in [2.75, 3.05) is 13.2 Å². The number of esters is 3. The molecule has 0 bridgehead atoms. The van der Waals surface area contributed by atoms with Crippen LogP contribution in [0.2, 0.25) is 0 Å². The van der Waals surface area contributed by atoms with E-state index in [1.165, 1.54) is 238 Å². The fourth-order valence-electron chi connectivity index (χ4n) is 10.6. The molecule has 0 aromatic rings. The van der Waals surface area contributed by atoms with E-state index in [-0.39, 0.29) is 31.1 Å². The second-order valence-corrected chi connectivity index (χ2v) is 24.1. The van der Waals surface area contributed by atoms with Gasteiger partial charge in [-0.05, 0) is 89.9 Å². The van der Waals surface area contributed by atoms with E-state index in [1.54, 1.807) is 0 Å². The van der Waals surface area contributed by atoms with Crippen LogP contribution in [0.15, 0.2) is 72.9 Å². The van der Waals surface area contributed by atoms with Gasteiger partial charge in [-0.15, -0.1) is 0 Å². The predicted molar refractivity (Wildman–Crippen MR) is 358 cm³/mol. The summed E-state index contributed by atoms with van der Waals surface area (Å²) in [4.78, 5) is 38.4. The van der Waals surface area contributed by atoms with E-state index in [0.29, 0.717) is 19.3 Å². The lowest BCUT2D eigenvalue weighted by Gasteiger charge is -2.18. The van der Waals surface area contributed by atoms with Crippen molar-refractivity contribution >= 4 is 17.9 Å². The zero-order valence-electron chi connectivity index (χ0n) is 54.8. The van der Waals surface area contributed by atoms with Crippen molar-refractivity contribution in [1.82, 2.24) is 0 Å². The molecule has 0 aromatic carbocycles. The lowest BCUT2D eigenvalue weighted by molar-refractivity contribution is -0.167. The zero-order chi connectivity index (χ0) is 59.2. The summed E-state index contributed by atoms with van der Waals surface area (Å²) in [7, 11) is 0. The second-order valence-electron chi connectivity index (χ2n) is 24.1. The predicted octanol–water partition coefficient (Wildman–Crippen LogP) is 24.8. The molecule has 0 spiro atoms. The fraction of sp³-hybridized carbons (Fsp3) is 0.803. The van der Waals surface area contributed by atoms with Crippen molar-refractivity contribution < 1.29 is 28.6 Å². The topological polar surface area (TPSA) is 78.9 Å². The van der Waals surface area contributed by atoms with Crippen LogP contribution in [0.5, 0.6) is 0 Å². The van der Waals surface area contributed by atoms with Gasteiger partial charge in [-0.1, -0.05) is 338 Å². The normalized spacial score (nSPS) is 12.5. The molecule has 0 aliphatic carbocycles. The lowest BCUT2D eigenvalue weighted by atomic mass is 10.0. The first kappa shape index (κ1) is 78.8. The Morgan fingerprint density at radius 3 is 0.756 bits per heavy atom. The summed E-state index contributed by atoms with van der Waals surface area (Å²) >= 11 is 0. The highest BCUT2D eigenvalue weighted by Gasteiger charge is 2.19. The van der Waals surface area contributed by atoms with E-state index in [1.807, 2.05) is 0 Å². The molecule has 0 heterocycles. The zero-order valence-corrected chi connectivity index (χ0v) is 54.8. The summed E-state index contributed by atoms with van der Waals surface area (Å²) < 4.78 is 17.0. The van der Waals surface area contributed by atoms with E-state index < -0.39 is 6.10 Å². The molecule has 0 aromatic heterocycles. The quantitative estimate of drug-likeness (QED) is 0.0261. The molecule has 1 atom stereocenters. The molecule has 6 heteroatoms. The van der Waals surface area contributed by atoms with Crippen LogP contribution < -0.4 is 0 Å². The molecule has 0 rings (SSSR count). The van der Waals surface area contributed by atoms with E-state index in [4.69, 9.17) is 14.2 Å². The van der Waals surface area contributed by atoms with Gasteiger partial charge < -0.3 is 14.2 Å². The maximum atomic E-state index is 12.9. The third-order valence-corrected chi connectivity index (χ3v) is 15.9. The molecule has 0 saturated carbocycles. The molecule has 1 unspecified atom stereocenters. The molecule has 476 valence electrons. The Balaban J connectivity index is 4.11. The molecule has 0 aliphatic heterocycles. The van der Waals surface area contributed by atoms with Crippen LogP contribution in [0.3, 0.4) is 0 Å². The van der Waals surface area contributed by atoms with Gasteiger partial charge in [0.25, 0.3) is 0 Å². The van der Waals surface area contributed by atoms with Crippen LogP contribution in [0.25, 0.3) is 0 Å². The van der Waals surface area contributed by atoms with Crippen LogP contribution in [0.4, 0.5) is 0 Å². The number of rotatable bonds is 66. The molecule has 0 saturated heterocycles. The third-order valence-electron chi connectivity index (χ3n) is 15.9. The van der Waals surface area contributed by atoms with Gasteiger partial charge in [-0.25, -0.2) is 0 Å². The van der Waals surface area contributed by atoms with Crippen molar-refractivity contribution in [3.8, 4) is 0 Å². The van der Waals surface area contributed by atoms with Crippen LogP contribution in [-0.4, -0.2) is 37.2 Å². The first-order valence-corrected chi connectivity index (χ1v) is 35.9. The number of carbonyl (C=O) groups excluding carboxylic acids is 3. The maximum absolute atomic E-state index is 12.9. The number of hydrogen-bond donors (Lipinski definition) is 0. The van der Waals surface area contributed by atoms with Gasteiger partial charge in [0.1, 0.15) is 13.2 Å². The van der Waals surface area contributed by atoms with Crippen LogP contribution in [0, 0.1) is 0 Å². The molecular weight excluding hydrogens is 1010 g/mol. The summed E-state index contributed by atoms with van der Waals surface area (Å²) in [5.74, 6) is -0.855. The molecule has 0 N–H and O–H groups in total. The SMILES string of the molecule is CC/C=C\C/C=C\C/C=C\C/C=C\C/C=C\CCCCCCCCCCCCCCCCCCCCCC(=O)OCC(COC(=O)CCCCCCC/C=C\CCCCCCC)OC(=O)CCCCCCCCCCCCCCCCC. The minimum absolute atomic E-state index is 0.0711. The Bertz CT molecular complexity index is 1500. The first-order chi connectivity index (χ1) is 40.5. The number of hydrogen-bond acceptors (Lipinski definition) is 6. The minimum atomic E-state index is -0.774. The standard InChI is InChI=1S/C76H136O6/c1-4-7-10-13-16-19-22-25-28-29-30-31-32-33-34-35-36-37-38-39-40-41-42-43-44-45-46-47-49-51-54-57-60-63-66-69-75(78)81-72-73(71-80-74(77)68-65-62-59-56-53-50-27-24-21-18-15-12-9-6-3)82-76(79)70-67-64-61-58-55-52-48-26-23-20-17-14-11-8-5-2/h7,10,16,19,24-25,27-28,30-31,33-34,73H,4-6,8-9,11-15,17-18,20-23,26,29,32,35-72H2,1-3H3/b10-7-,19-16-,27-24-,28-25-,31-30-,34-33-. The monoisotopic (exact) mass is 1150 g/mol. The van der Waals surface area contributed by atoms with E-state index in [0.717, 1.165) is 96.3 Å². The third kappa shape index (κ3) is 67.6. The van der Waals surface area contributed by atoms with Crippen molar-refractivity contribution in [3.63, 3.8) is 0 Å². The minimum Gasteiger partial charge on any atom is -0.462 e. The largest absolute Gasteiger partial charge is 0.462 e. The molecule has 0 radical (unpaired) electrons. The smallest absolute Gasteiger partial charge is 0.306 e. The number of unbranched alkanes of at least 4 members (excludes halogenated alkanes) is 43. The highest BCUT2D eigenvalue weighted by atomic mass is 16.6. The Labute approximate surface area is 510 Å². The lowest BCUT2D eigenvalue weighted by Crippen LogP contribution is -2.30. The van der Waals surface area contributed by atoms with Crippen LogP contribution in [0.1, 0.15) is 374 Å². The molecule has 6 nitrogen and oxygen atoms in total. The van der Waals surface area contributed by atoms with Crippen LogP contribution in [-0.2, 0) is 28.6 Å². The van der Waals surface area contributed by atoms with E-state index in [2.05, 4.69) is 93.7 Å². The Morgan fingerprint density at radius 1 is 0.256 bits per heavy atom. The van der Waals surface area contributed by atoms with Crippen LogP contribution >= 0.6 is 0 Å². The number of ether oxygens (including phenoxy) is 3. The Hall–Kier alpha value is -3.15. The van der Waals surface area contributed by atoms with Crippen molar-refractivity contribution in [2.45, 2.75) is 380 Å². The van der Waals surface area contributed by atoms with Gasteiger partial charge in [0, 0.05) is 19.3 Å². The summed E-state index contributed by atoms with van der Waals surface area (Å²) in [6.07, 6.45) is 92.3. The van der Waals surface area contributed by atoms with E-state index in [9.17, 15) is 14.4 Å². The van der Waals surface area contributed by atoms with Gasteiger partial charge in [-0.3, -0.25) is 14.4 Å². The first-order valence-electron chi connectivity index (χ1n) is 35.9. The molecular formula is C76H136O6. The van der Waals surface area contributed by atoms with Crippen molar-refractivity contribution in [2.24, 2.45) is 0 Å². The van der Waals surface area contributed by atoms with E-state index >= 15 is 0 Å². The summed E-state index contributed by atoms with van der Waals surface area (Å²) in [6.45, 7) is 6.57. The van der Waals surface area contributed by atoms with Gasteiger partial charge >= 0.3 is 17.9 Å². The molecule has 0 fully saturated rings. The van der Waals surface area contributed by atoms with Gasteiger partial charge in [0.15, 0.2) is 6.10 Å². The van der Waals surface area contributed by atoms with Crippen molar-refractivity contribution in [3.05, 3.63) is 72.9 Å². The maximum Gasteiger partial charge on any atom is 0.306 e. The summed E-state index contributed by atoms with van der Waals surface area (Å²) in [6, 6.07) is 0. The highest BCUT2D eigenvalue weighted by molar-refractivity contribution is 5.71. The Kier molecular flexibility index (Phi) is 67.6. The number of allylic oxidation sites excluding steroid dienone is 12. The average molecular weight is 1150 g/mol. The summed E-state index contributed by atoms with van der Waals surface area (Å²) in [5.41, 5.74) is 0. The Morgan fingerprint density at radius 2 is 0.476 bits per heavy atom. The van der Waals surface area contributed by atoms with Gasteiger partial charge in [0.2, 0.25) is 0 Å². The van der Waals surface area contributed by atoms with Gasteiger partial charge in [-0.2, -0.15) is 0 Å². The fourth-order valence-corrected chi connectivity index (χ4v) is 10.6. The number of carbonyl (C=O) groups is 3. The average Bonchev–Trinajstić information content (AvgIpc) is 3.48. The molecule has 0 amide bonds. The second kappa shape index (κ2) is 70.3. The van der Waals surface area contributed by atoms with Gasteiger partial charge in [0.05, 0.1) is 0 Å². The molecule has 0 aliphatic rings. The molecule has 82 heavy (non-hydrogen) atoms. The highest BCUT2D eigenvalue weighted by Crippen LogP contribution is 2.18. The summed E-state index contributed by atoms with van der Waals surface area (Å²) in [5, 5.41) is 0. The van der Waals surface area contributed by atoms with Crippen molar-refractivity contribution in [1.29, 1.82) is 0 Å².